The number of amides is 1. The van der Waals surface area contributed by atoms with E-state index in [-0.39, 0.29) is 5.91 Å². The molecule has 1 amide bonds. The largest absolute Gasteiger partial charge is 0.491 e. The first-order valence-electron chi connectivity index (χ1n) is 9.59. The standard InChI is InChI=1S/C22H22N4O2S/c27-21-11-6-12-26(21)13-14-28-20-10-5-4-9-18(20)15-23-25-22-24-19(16-29-22)17-7-2-1-3-8-17/h1-5,7-10,15-16H,6,11-14H2,(H,24,25). The Hall–Kier alpha value is -3.19. The van der Waals surface area contributed by atoms with E-state index in [4.69, 9.17) is 4.74 Å². The number of thiazole rings is 1. The Kier molecular flexibility index (Phi) is 6.16. The number of anilines is 1. The number of hydrazone groups is 1. The van der Waals surface area contributed by atoms with Crippen LogP contribution in [0.5, 0.6) is 5.75 Å². The van der Waals surface area contributed by atoms with Gasteiger partial charge < -0.3 is 9.64 Å². The zero-order valence-corrected chi connectivity index (χ0v) is 16.8. The Morgan fingerprint density at radius 1 is 1.17 bits per heavy atom. The van der Waals surface area contributed by atoms with Crippen LogP contribution in [0.1, 0.15) is 18.4 Å². The van der Waals surface area contributed by atoms with Crippen molar-refractivity contribution in [2.75, 3.05) is 25.1 Å². The van der Waals surface area contributed by atoms with Crippen molar-refractivity contribution in [3.63, 3.8) is 0 Å². The minimum absolute atomic E-state index is 0.214. The smallest absolute Gasteiger partial charge is 0.222 e. The number of ether oxygens (including phenoxy) is 1. The molecule has 0 radical (unpaired) electrons. The minimum Gasteiger partial charge on any atom is -0.491 e. The van der Waals surface area contributed by atoms with Crippen LogP contribution in [0.2, 0.25) is 0 Å². The van der Waals surface area contributed by atoms with E-state index in [2.05, 4.69) is 15.5 Å². The first-order valence-corrected chi connectivity index (χ1v) is 10.5. The Morgan fingerprint density at radius 3 is 2.83 bits per heavy atom. The lowest BCUT2D eigenvalue weighted by Gasteiger charge is -2.16. The van der Waals surface area contributed by atoms with Crippen LogP contribution in [0.3, 0.4) is 0 Å². The average Bonchev–Trinajstić information content (AvgIpc) is 3.39. The maximum Gasteiger partial charge on any atom is 0.222 e. The second-order valence-electron chi connectivity index (χ2n) is 6.64. The number of benzene rings is 2. The lowest BCUT2D eigenvalue weighted by atomic mass is 10.2. The van der Waals surface area contributed by atoms with Crippen molar-refractivity contribution in [3.8, 4) is 17.0 Å². The van der Waals surface area contributed by atoms with Crippen molar-refractivity contribution in [1.82, 2.24) is 9.88 Å². The van der Waals surface area contributed by atoms with Gasteiger partial charge in [-0.25, -0.2) is 4.98 Å². The molecule has 2 heterocycles. The van der Waals surface area contributed by atoms with Gasteiger partial charge in [0.2, 0.25) is 11.0 Å². The van der Waals surface area contributed by atoms with Crippen molar-refractivity contribution < 1.29 is 9.53 Å². The normalized spacial score (nSPS) is 13.9. The van der Waals surface area contributed by atoms with Crippen LogP contribution in [-0.4, -0.2) is 41.7 Å². The molecule has 0 saturated carbocycles. The highest BCUT2D eigenvalue weighted by atomic mass is 32.1. The fraction of sp³-hybridized carbons (Fsp3) is 0.227. The molecule has 1 aliphatic rings. The maximum absolute atomic E-state index is 11.7. The highest BCUT2D eigenvalue weighted by molar-refractivity contribution is 7.14. The fourth-order valence-corrected chi connectivity index (χ4v) is 3.82. The molecule has 148 valence electrons. The zero-order valence-electron chi connectivity index (χ0n) is 16.0. The molecule has 0 bridgehead atoms. The monoisotopic (exact) mass is 406 g/mol. The van der Waals surface area contributed by atoms with E-state index in [0.717, 1.165) is 40.7 Å². The molecule has 2 aromatic carbocycles. The molecule has 0 unspecified atom stereocenters. The summed E-state index contributed by atoms with van der Waals surface area (Å²) < 4.78 is 5.89. The molecule has 1 fully saturated rings. The van der Waals surface area contributed by atoms with Gasteiger partial charge in [-0.15, -0.1) is 11.3 Å². The summed E-state index contributed by atoms with van der Waals surface area (Å²) in [4.78, 5) is 18.1. The summed E-state index contributed by atoms with van der Waals surface area (Å²) in [7, 11) is 0. The molecule has 7 heteroatoms. The summed E-state index contributed by atoms with van der Waals surface area (Å²) in [5.74, 6) is 0.958. The number of aromatic nitrogens is 1. The quantitative estimate of drug-likeness (QED) is 0.448. The Labute approximate surface area is 173 Å². The molecule has 29 heavy (non-hydrogen) atoms. The summed E-state index contributed by atoms with van der Waals surface area (Å²) in [5.41, 5.74) is 5.86. The Morgan fingerprint density at radius 2 is 2.00 bits per heavy atom. The number of carbonyl (C=O) groups excluding carboxylic acids is 1. The van der Waals surface area contributed by atoms with Gasteiger partial charge in [-0.05, 0) is 18.6 Å². The first kappa shape index (κ1) is 19.1. The van der Waals surface area contributed by atoms with Crippen LogP contribution in [0.25, 0.3) is 11.3 Å². The van der Waals surface area contributed by atoms with E-state index in [9.17, 15) is 4.79 Å². The van der Waals surface area contributed by atoms with Gasteiger partial charge in [-0.2, -0.15) is 5.10 Å². The van der Waals surface area contributed by atoms with E-state index in [1.54, 1.807) is 6.21 Å². The van der Waals surface area contributed by atoms with E-state index >= 15 is 0 Å². The number of carbonyl (C=O) groups is 1. The summed E-state index contributed by atoms with van der Waals surface area (Å²) >= 11 is 1.51. The van der Waals surface area contributed by atoms with Gasteiger partial charge in [0, 0.05) is 29.5 Å². The zero-order chi connectivity index (χ0) is 19.9. The summed E-state index contributed by atoms with van der Waals surface area (Å²) in [6.45, 7) is 1.91. The summed E-state index contributed by atoms with van der Waals surface area (Å²) in [5, 5.41) is 7.04. The van der Waals surface area contributed by atoms with Gasteiger partial charge in [-0.1, -0.05) is 42.5 Å². The van der Waals surface area contributed by atoms with E-state index in [1.807, 2.05) is 64.9 Å². The number of nitrogens with one attached hydrogen (secondary N) is 1. The fourth-order valence-electron chi connectivity index (χ4n) is 3.15. The second-order valence-corrected chi connectivity index (χ2v) is 7.50. The molecule has 0 spiro atoms. The molecule has 0 aliphatic carbocycles. The van der Waals surface area contributed by atoms with Crippen molar-refractivity contribution in [2.24, 2.45) is 5.10 Å². The molecule has 0 atom stereocenters. The number of para-hydroxylation sites is 1. The minimum atomic E-state index is 0.214. The third-order valence-corrected chi connectivity index (χ3v) is 5.39. The van der Waals surface area contributed by atoms with Crippen molar-refractivity contribution in [1.29, 1.82) is 0 Å². The highest BCUT2D eigenvalue weighted by Crippen LogP contribution is 2.24. The molecule has 4 rings (SSSR count). The Bertz CT molecular complexity index is 987. The van der Waals surface area contributed by atoms with Crippen molar-refractivity contribution in [3.05, 3.63) is 65.5 Å². The van der Waals surface area contributed by atoms with Gasteiger partial charge in [0.25, 0.3) is 0 Å². The van der Waals surface area contributed by atoms with Crippen LogP contribution in [0.4, 0.5) is 5.13 Å². The number of hydrogen-bond acceptors (Lipinski definition) is 6. The van der Waals surface area contributed by atoms with Crippen LogP contribution in [-0.2, 0) is 4.79 Å². The lowest BCUT2D eigenvalue weighted by Crippen LogP contribution is -2.29. The molecule has 1 saturated heterocycles. The topological polar surface area (TPSA) is 66.8 Å². The van der Waals surface area contributed by atoms with Crippen molar-refractivity contribution in [2.45, 2.75) is 12.8 Å². The third-order valence-electron chi connectivity index (χ3n) is 4.65. The third kappa shape index (κ3) is 5.00. The first-order chi connectivity index (χ1) is 14.3. The molecule has 6 nitrogen and oxygen atoms in total. The molecular formula is C22H22N4O2S. The molecule has 1 N–H and O–H groups in total. The van der Waals surface area contributed by atoms with Gasteiger partial charge in [0.05, 0.1) is 18.5 Å². The Balaban J connectivity index is 1.34. The number of hydrogen-bond donors (Lipinski definition) is 1. The summed E-state index contributed by atoms with van der Waals surface area (Å²) in [6, 6.07) is 17.8. The predicted octanol–water partition coefficient (Wildman–Crippen LogP) is 4.26. The van der Waals surface area contributed by atoms with Crippen LogP contribution in [0.15, 0.2) is 65.1 Å². The maximum atomic E-state index is 11.7. The van der Waals surface area contributed by atoms with E-state index < -0.39 is 0 Å². The number of likely N-dealkylation sites (tertiary alicyclic amines) is 1. The van der Waals surface area contributed by atoms with Gasteiger partial charge in [0.1, 0.15) is 12.4 Å². The number of nitrogens with zero attached hydrogens (tertiary/aromatic N) is 3. The van der Waals surface area contributed by atoms with Crippen LogP contribution >= 0.6 is 11.3 Å². The predicted molar refractivity (Wildman–Crippen MR) is 117 cm³/mol. The van der Waals surface area contributed by atoms with Gasteiger partial charge in [-0.3, -0.25) is 10.2 Å². The summed E-state index contributed by atoms with van der Waals surface area (Å²) in [6.07, 6.45) is 3.31. The average molecular weight is 407 g/mol. The van der Waals surface area contributed by atoms with Gasteiger partial charge in [0.15, 0.2) is 0 Å². The molecule has 1 aromatic heterocycles. The highest BCUT2D eigenvalue weighted by Gasteiger charge is 2.19. The molecule has 1 aliphatic heterocycles. The molecule has 3 aromatic rings. The second kappa shape index (κ2) is 9.34. The van der Waals surface area contributed by atoms with E-state index in [1.165, 1.54) is 11.3 Å². The van der Waals surface area contributed by atoms with Crippen molar-refractivity contribution >= 4 is 28.6 Å². The van der Waals surface area contributed by atoms with Crippen LogP contribution < -0.4 is 10.2 Å². The molecular weight excluding hydrogens is 384 g/mol. The lowest BCUT2D eigenvalue weighted by molar-refractivity contribution is -0.128. The van der Waals surface area contributed by atoms with E-state index in [0.29, 0.717) is 19.6 Å². The van der Waals surface area contributed by atoms with Crippen LogP contribution in [0, 0.1) is 0 Å². The van der Waals surface area contributed by atoms with Gasteiger partial charge >= 0.3 is 0 Å². The SMILES string of the molecule is O=C1CCCN1CCOc1ccccc1C=NNc1nc(-c2ccccc2)cs1. The number of rotatable bonds is 8.